The van der Waals surface area contributed by atoms with Crippen LogP contribution in [0.4, 0.5) is 0 Å². The fourth-order valence-corrected chi connectivity index (χ4v) is 6.16. The summed E-state index contributed by atoms with van der Waals surface area (Å²) in [5.74, 6) is -1.21. The molecule has 0 saturated carbocycles. The summed E-state index contributed by atoms with van der Waals surface area (Å²) in [6.07, 6.45) is 2.91. The highest BCUT2D eigenvalue weighted by molar-refractivity contribution is 7.99. The minimum atomic E-state index is -1.47. The van der Waals surface area contributed by atoms with Crippen LogP contribution in [0.1, 0.15) is 67.7 Å². The van der Waals surface area contributed by atoms with Crippen molar-refractivity contribution < 1.29 is 37.9 Å². The molecule has 35 heavy (non-hydrogen) atoms. The van der Waals surface area contributed by atoms with Gasteiger partial charge in [0.15, 0.2) is 18.3 Å². The lowest BCUT2D eigenvalue weighted by molar-refractivity contribution is -0.236. The molecule has 8 atom stereocenters. The van der Waals surface area contributed by atoms with Crippen LogP contribution in [0.15, 0.2) is 12.2 Å². The third-order valence-corrected chi connectivity index (χ3v) is 8.47. The van der Waals surface area contributed by atoms with Crippen molar-refractivity contribution in [1.82, 2.24) is 4.72 Å². The van der Waals surface area contributed by atoms with Gasteiger partial charge >= 0.3 is 17.9 Å². The van der Waals surface area contributed by atoms with Crippen LogP contribution in [-0.2, 0) is 44.7 Å². The second-order valence-corrected chi connectivity index (χ2v) is 13.1. The Hall–Kier alpha value is -1.27. The van der Waals surface area contributed by atoms with Crippen LogP contribution in [-0.4, -0.2) is 68.9 Å². The maximum absolute atomic E-state index is 13.2. The van der Waals surface area contributed by atoms with Crippen LogP contribution in [0.25, 0.3) is 0 Å². The van der Waals surface area contributed by atoms with E-state index in [-0.39, 0.29) is 5.92 Å². The fourth-order valence-electron chi connectivity index (χ4n) is 4.00. The SMILES string of the molecule is CC(=O)O[C@@H]1[C@H](OC(C)=O)[C@@H](OC(C)=O)[C@@H]2O[C@@H]1[C@H](N[S+]([O-])C(C)(C)C)C(C)/C=C\CCCCS2. The molecule has 0 amide bonds. The first-order chi connectivity index (χ1) is 16.3. The predicted octanol–water partition coefficient (Wildman–Crippen LogP) is 3.04. The molecule has 11 heteroatoms. The fraction of sp³-hybridized carbons (Fsp3) is 0.792. The van der Waals surface area contributed by atoms with E-state index in [1.807, 2.05) is 33.8 Å². The van der Waals surface area contributed by atoms with Crippen LogP contribution in [0.5, 0.6) is 0 Å². The monoisotopic (exact) mass is 533 g/mol. The summed E-state index contributed by atoms with van der Waals surface area (Å²) < 4.78 is 39.1. The molecule has 0 aliphatic carbocycles. The lowest BCUT2D eigenvalue weighted by atomic mass is 9.88. The van der Waals surface area contributed by atoms with E-state index in [4.69, 9.17) is 18.9 Å². The first-order valence-electron chi connectivity index (χ1n) is 11.9. The van der Waals surface area contributed by atoms with Crippen LogP contribution in [0.2, 0.25) is 0 Å². The molecule has 2 bridgehead atoms. The summed E-state index contributed by atoms with van der Waals surface area (Å²) in [5, 5.41) is 0. The van der Waals surface area contributed by atoms with Crippen LogP contribution in [0.3, 0.4) is 0 Å². The number of thioether (sulfide) groups is 1. The Morgan fingerprint density at radius 3 is 2.14 bits per heavy atom. The average molecular weight is 534 g/mol. The Morgan fingerprint density at radius 2 is 1.57 bits per heavy atom. The van der Waals surface area contributed by atoms with Crippen molar-refractivity contribution in [1.29, 1.82) is 0 Å². The second kappa shape index (κ2) is 13.3. The number of esters is 3. The highest BCUT2D eigenvalue weighted by Crippen LogP contribution is 2.37. The minimum absolute atomic E-state index is 0.169. The van der Waals surface area contributed by atoms with Crippen molar-refractivity contribution in [3.8, 4) is 0 Å². The van der Waals surface area contributed by atoms with E-state index in [1.165, 1.54) is 32.5 Å². The van der Waals surface area contributed by atoms with Gasteiger partial charge in [0.1, 0.15) is 16.3 Å². The van der Waals surface area contributed by atoms with Gasteiger partial charge in [-0.3, -0.25) is 14.4 Å². The molecular formula is C24H39NO8S2. The van der Waals surface area contributed by atoms with Gasteiger partial charge in [-0.2, -0.15) is 0 Å². The minimum Gasteiger partial charge on any atom is -0.598 e. The molecule has 0 aromatic carbocycles. The summed E-state index contributed by atoms with van der Waals surface area (Å²) >= 11 is -0.00634. The molecular weight excluding hydrogens is 494 g/mol. The number of hydrogen-bond acceptors (Lipinski definition) is 10. The Balaban J connectivity index is 2.61. The second-order valence-electron chi connectivity index (χ2n) is 9.87. The molecule has 2 aliphatic heterocycles. The quantitative estimate of drug-likeness (QED) is 0.244. The van der Waals surface area contributed by atoms with Crippen molar-refractivity contribution in [2.24, 2.45) is 5.92 Å². The van der Waals surface area contributed by atoms with Crippen molar-refractivity contribution in [3.05, 3.63) is 12.2 Å². The average Bonchev–Trinajstić information content (AvgIpc) is 2.72. The van der Waals surface area contributed by atoms with Crippen molar-refractivity contribution in [3.63, 3.8) is 0 Å². The highest BCUT2D eigenvalue weighted by atomic mass is 32.2. The summed E-state index contributed by atoms with van der Waals surface area (Å²) in [6.45, 7) is 11.3. The number of fused-ring (bicyclic) bond motifs is 2. The zero-order valence-electron chi connectivity index (χ0n) is 21.6. The van der Waals surface area contributed by atoms with E-state index in [9.17, 15) is 18.9 Å². The maximum Gasteiger partial charge on any atom is 0.303 e. The van der Waals surface area contributed by atoms with Crippen molar-refractivity contribution >= 4 is 41.0 Å². The molecule has 0 aromatic heterocycles. The molecule has 200 valence electrons. The number of carbonyl (C=O) groups is 3. The zero-order chi connectivity index (χ0) is 26.3. The molecule has 2 rings (SSSR count). The number of nitrogens with one attached hydrogen (secondary N) is 1. The van der Waals surface area contributed by atoms with E-state index < -0.39 is 69.9 Å². The number of ether oxygens (including phenoxy) is 4. The number of hydrogen-bond donors (Lipinski definition) is 1. The summed E-state index contributed by atoms with van der Waals surface area (Å²) in [5.41, 5.74) is -0.678. The predicted molar refractivity (Wildman–Crippen MR) is 135 cm³/mol. The third kappa shape index (κ3) is 8.96. The number of carbonyl (C=O) groups excluding carboxylic acids is 3. The standard InChI is InChI=1S/C24H39NO8S2/c1-14-12-10-8-9-11-13-34-23-22(32-17(4)28)21(31-16(3)27)20(30-15(2)26)19(33-23)18(14)25-35(29)24(5,6)7/h10,12,14,18-23,25H,8-9,11,13H2,1-7H3/b12-10-/t14?,18-,19-,20+,21+,22-,23-,35?/m1/s1. The van der Waals surface area contributed by atoms with Crippen molar-refractivity contribution in [2.75, 3.05) is 5.75 Å². The molecule has 0 aromatic rings. The molecule has 2 unspecified atom stereocenters. The number of allylic oxidation sites excluding steroid dienone is 1. The van der Waals surface area contributed by atoms with Gasteiger partial charge < -0.3 is 23.5 Å². The molecule has 2 heterocycles. The van der Waals surface area contributed by atoms with E-state index in [1.54, 1.807) is 0 Å². The smallest absolute Gasteiger partial charge is 0.303 e. The van der Waals surface area contributed by atoms with Gasteiger partial charge in [0.25, 0.3) is 0 Å². The Morgan fingerprint density at radius 1 is 1.00 bits per heavy atom. The molecule has 1 saturated heterocycles. The lowest BCUT2D eigenvalue weighted by Crippen LogP contribution is -2.66. The van der Waals surface area contributed by atoms with E-state index >= 15 is 0 Å². The molecule has 0 radical (unpaired) electrons. The van der Waals surface area contributed by atoms with E-state index in [2.05, 4.69) is 10.8 Å². The van der Waals surface area contributed by atoms with Gasteiger partial charge in [0.05, 0.1) is 6.04 Å². The van der Waals surface area contributed by atoms with Crippen LogP contribution >= 0.6 is 11.8 Å². The molecule has 1 fully saturated rings. The Kier molecular flexibility index (Phi) is 11.4. The molecule has 0 spiro atoms. The van der Waals surface area contributed by atoms with Crippen molar-refractivity contribution in [2.45, 2.75) is 108 Å². The lowest BCUT2D eigenvalue weighted by Gasteiger charge is -2.47. The molecule has 2 aliphatic rings. The van der Waals surface area contributed by atoms with Gasteiger partial charge in [-0.1, -0.05) is 19.1 Å². The summed E-state index contributed by atoms with van der Waals surface area (Å²) in [6, 6.07) is -0.561. The first kappa shape index (κ1) is 30.0. The largest absolute Gasteiger partial charge is 0.598 e. The Labute approximate surface area is 215 Å². The molecule has 9 nitrogen and oxygen atoms in total. The Bertz CT molecular complexity index is 771. The van der Waals surface area contributed by atoms with Gasteiger partial charge in [-0.25, -0.2) is 0 Å². The van der Waals surface area contributed by atoms with Gasteiger partial charge in [-0.05, 0) is 51.7 Å². The topological polar surface area (TPSA) is 123 Å². The highest BCUT2D eigenvalue weighted by Gasteiger charge is 2.55. The van der Waals surface area contributed by atoms with Gasteiger partial charge in [0.2, 0.25) is 0 Å². The van der Waals surface area contributed by atoms with Crippen LogP contribution < -0.4 is 4.72 Å². The van der Waals surface area contributed by atoms with Crippen LogP contribution in [0, 0.1) is 5.92 Å². The first-order valence-corrected chi connectivity index (χ1v) is 14.1. The van der Waals surface area contributed by atoms with E-state index in [0.29, 0.717) is 0 Å². The third-order valence-electron chi connectivity index (χ3n) is 5.64. The number of rotatable bonds is 5. The van der Waals surface area contributed by atoms with Gasteiger partial charge in [-0.15, -0.1) is 16.5 Å². The van der Waals surface area contributed by atoms with E-state index in [0.717, 1.165) is 25.0 Å². The van der Waals surface area contributed by atoms with Gasteiger partial charge in [0, 0.05) is 32.1 Å². The normalized spacial score (nSPS) is 33.9. The zero-order valence-corrected chi connectivity index (χ0v) is 23.2. The maximum atomic E-state index is 13.2. The molecule has 1 N–H and O–H groups in total. The summed E-state index contributed by atoms with van der Waals surface area (Å²) in [7, 11) is 0. The summed E-state index contributed by atoms with van der Waals surface area (Å²) in [4.78, 5) is 36.2.